The number of hydrogen-bond acceptors (Lipinski definition) is 4. The van der Waals surface area contributed by atoms with Crippen molar-refractivity contribution in [2.45, 2.75) is 85.4 Å². The summed E-state index contributed by atoms with van der Waals surface area (Å²) in [6, 6.07) is 0.273. The third-order valence-corrected chi connectivity index (χ3v) is 6.77. The van der Waals surface area contributed by atoms with Crippen LogP contribution >= 0.6 is 0 Å². The van der Waals surface area contributed by atoms with Crippen LogP contribution in [0.5, 0.6) is 0 Å². The van der Waals surface area contributed by atoms with E-state index in [-0.39, 0.29) is 28.9 Å². The van der Waals surface area contributed by atoms with Crippen molar-refractivity contribution >= 4 is 12.0 Å². The highest BCUT2D eigenvalue weighted by atomic mass is 16.6. The molecule has 7 heteroatoms. The van der Waals surface area contributed by atoms with Crippen LogP contribution in [0.4, 0.5) is 4.79 Å². The molecule has 1 saturated carbocycles. The maximum Gasteiger partial charge on any atom is 0.410 e. The fourth-order valence-corrected chi connectivity index (χ4v) is 6.08. The molecule has 2 atom stereocenters. The molecule has 2 aliphatic heterocycles. The second-order valence-corrected chi connectivity index (χ2v) is 11.7. The second-order valence-electron chi connectivity index (χ2n) is 11.7. The lowest BCUT2D eigenvalue weighted by Gasteiger charge is -2.39. The van der Waals surface area contributed by atoms with Gasteiger partial charge in [0.15, 0.2) is 5.69 Å². The molecule has 3 heterocycles. The van der Waals surface area contributed by atoms with Gasteiger partial charge in [0.25, 0.3) is 5.91 Å². The Balaban J connectivity index is 1.59. The van der Waals surface area contributed by atoms with Gasteiger partial charge in [-0.05, 0) is 50.9 Å². The van der Waals surface area contributed by atoms with E-state index >= 15 is 0 Å². The minimum atomic E-state index is -0.541. The van der Waals surface area contributed by atoms with E-state index in [0.717, 1.165) is 37.1 Å². The standard InChI is InChI=1S/C23H36N4O3/c1-21(2,3)30-20(29)26-9-8-17-16(12-26)18(24-25(17)7)19(28)27-14-23(6)11-15(27)10-22(4,5)13-23/h15H,8-14H2,1-7H3. The van der Waals surface area contributed by atoms with E-state index in [1.165, 1.54) is 0 Å². The molecule has 0 spiro atoms. The van der Waals surface area contributed by atoms with Crippen molar-refractivity contribution in [3.05, 3.63) is 17.0 Å². The molecule has 2 amide bonds. The van der Waals surface area contributed by atoms with Gasteiger partial charge in [-0.25, -0.2) is 4.79 Å². The highest BCUT2D eigenvalue weighted by Gasteiger charge is 2.51. The average molecular weight is 417 g/mol. The van der Waals surface area contributed by atoms with Crippen molar-refractivity contribution in [1.82, 2.24) is 19.6 Å². The quantitative estimate of drug-likeness (QED) is 0.699. The Kier molecular flexibility index (Phi) is 4.75. The lowest BCUT2D eigenvalue weighted by molar-refractivity contribution is 0.0221. The van der Waals surface area contributed by atoms with Crippen LogP contribution in [-0.2, 0) is 24.8 Å². The summed E-state index contributed by atoms with van der Waals surface area (Å²) in [6.07, 6.45) is 3.60. The number of nitrogens with zero attached hydrogens (tertiary/aromatic N) is 4. The number of amides is 2. The molecule has 2 unspecified atom stereocenters. The van der Waals surface area contributed by atoms with Gasteiger partial charge in [-0.1, -0.05) is 20.8 Å². The van der Waals surface area contributed by atoms with Crippen LogP contribution < -0.4 is 0 Å². The van der Waals surface area contributed by atoms with Crippen molar-refractivity contribution in [3.63, 3.8) is 0 Å². The molecule has 0 radical (unpaired) electrons. The van der Waals surface area contributed by atoms with Crippen molar-refractivity contribution in [2.24, 2.45) is 17.9 Å². The highest BCUT2D eigenvalue weighted by Crippen LogP contribution is 2.52. The van der Waals surface area contributed by atoms with Crippen molar-refractivity contribution in [1.29, 1.82) is 0 Å². The summed E-state index contributed by atoms with van der Waals surface area (Å²) in [6.45, 7) is 14.3. The average Bonchev–Trinajstić information content (AvgIpc) is 3.05. The maximum atomic E-state index is 13.6. The molecule has 7 nitrogen and oxygen atoms in total. The summed E-state index contributed by atoms with van der Waals surface area (Å²) < 4.78 is 7.38. The number of carbonyl (C=O) groups excluding carboxylic acids is 2. The van der Waals surface area contributed by atoms with Crippen molar-refractivity contribution in [2.75, 3.05) is 13.1 Å². The van der Waals surface area contributed by atoms with Gasteiger partial charge in [-0.2, -0.15) is 5.10 Å². The van der Waals surface area contributed by atoms with Crippen LogP contribution in [0.3, 0.4) is 0 Å². The second kappa shape index (κ2) is 6.72. The highest BCUT2D eigenvalue weighted by molar-refractivity contribution is 5.94. The number of aryl methyl sites for hydroxylation is 1. The predicted molar refractivity (Wildman–Crippen MR) is 114 cm³/mol. The van der Waals surface area contributed by atoms with Gasteiger partial charge < -0.3 is 14.5 Å². The summed E-state index contributed by atoms with van der Waals surface area (Å²) in [5.41, 5.74) is 2.33. The Labute approximate surface area is 179 Å². The van der Waals surface area contributed by atoms with E-state index < -0.39 is 5.60 Å². The molecule has 0 aromatic carbocycles. The van der Waals surface area contributed by atoms with Gasteiger partial charge >= 0.3 is 6.09 Å². The lowest BCUT2D eigenvalue weighted by Crippen LogP contribution is -2.41. The van der Waals surface area contributed by atoms with Gasteiger partial charge in [0.1, 0.15) is 5.60 Å². The Morgan fingerprint density at radius 1 is 1.17 bits per heavy atom. The smallest absolute Gasteiger partial charge is 0.410 e. The number of likely N-dealkylation sites (tertiary alicyclic amines) is 1. The molecule has 1 saturated heterocycles. The molecule has 30 heavy (non-hydrogen) atoms. The molecule has 0 N–H and O–H groups in total. The van der Waals surface area contributed by atoms with Gasteiger partial charge in [0, 0.05) is 43.9 Å². The topological polar surface area (TPSA) is 67.7 Å². The molecule has 3 aliphatic rings. The summed E-state index contributed by atoms with van der Waals surface area (Å²) in [4.78, 5) is 30.0. The molecule has 2 fully saturated rings. The first kappa shape index (κ1) is 21.2. The Bertz CT molecular complexity index is 882. The number of ether oxygens (including phenoxy) is 1. The van der Waals surface area contributed by atoms with Crippen LogP contribution in [0.25, 0.3) is 0 Å². The van der Waals surface area contributed by atoms with Crippen LogP contribution in [0, 0.1) is 10.8 Å². The largest absolute Gasteiger partial charge is 0.444 e. The molecule has 166 valence electrons. The van der Waals surface area contributed by atoms with Crippen LogP contribution in [0.15, 0.2) is 0 Å². The SMILES string of the molecule is Cn1nc(C(=O)N2CC3(C)CC2CC(C)(C)C3)c2c1CCN(C(=O)OC(C)(C)C)C2. The molecule has 1 aromatic heterocycles. The van der Waals surface area contributed by atoms with E-state index in [0.29, 0.717) is 25.2 Å². The van der Waals surface area contributed by atoms with E-state index in [9.17, 15) is 9.59 Å². The maximum absolute atomic E-state index is 13.6. The molecule has 4 rings (SSSR count). The normalized spacial score (nSPS) is 27.8. The predicted octanol–water partition coefficient (Wildman–Crippen LogP) is 3.75. The van der Waals surface area contributed by atoms with Gasteiger partial charge in [-0.15, -0.1) is 0 Å². The molecule has 1 aliphatic carbocycles. The van der Waals surface area contributed by atoms with Crippen molar-refractivity contribution < 1.29 is 14.3 Å². The summed E-state index contributed by atoms with van der Waals surface area (Å²) in [5.74, 6) is 0.0179. The minimum absolute atomic E-state index is 0.0179. The molecular formula is C23H36N4O3. The fraction of sp³-hybridized carbons (Fsp3) is 0.783. The van der Waals surface area contributed by atoms with E-state index in [1.54, 1.807) is 4.90 Å². The van der Waals surface area contributed by atoms with Gasteiger partial charge in [0.05, 0.1) is 6.54 Å². The lowest BCUT2D eigenvalue weighted by atomic mass is 9.65. The fourth-order valence-electron chi connectivity index (χ4n) is 6.08. The Morgan fingerprint density at radius 3 is 2.53 bits per heavy atom. The van der Waals surface area contributed by atoms with Crippen LogP contribution in [0.2, 0.25) is 0 Å². The van der Waals surface area contributed by atoms with Crippen LogP contribution in [-0.4, -0.2) is 56.3 Å². The number of carbonyl (C=O) groups is 2. The summed E-state index contributed by atoms with van der Waals surface area (Å²) >= 11 is 0. The Morgan fingerprint density at radius 2 is 1.87 bits per heavy atom. The minimum Gasteiger partial charge on any atom is -0.444 e. The van der Waals surface area contributed by atoms with Gasteiger partial charge in [-0.3, -0.25) is 9.48 Å². The number of hydrogen-bond donors (Lipinski definition) is 0. The zero-order valence-electron chi connectivity index (χ0n) is 19.5. The summed E-state index contributed by atoms with van der Waals surface area (Å²) in [7, 11) is 1.89. The molecule has 1 aromatic rings. The third-order valence-electron chi connectivity index (χ3n) is 6.77. The van der Waals surface area contributed by atoms with Crippen LogP contribution in [0.1, 0.15) is 82.6 Å². The number of fused-ring (bicyclic) bond motifs is 3. The van der Waals surface area contributed by atoms with Crippen molar-refractivity contribution in [3.8, 4) is 0 Å². The van der Waals surface area contributed by atoms with E-state index in [2.05, 4.69) is 30.8 Å². The summed E-state index contributed by atoms with van der Waals surface area (Å²) in [5, 5.41) is 4.63. The van der Waals surface area contributed by atoms with E-state index in [4.69, 9.17) is 4.74 Å². The first-order chi connectivity index (χ1) is 13.8. The molecular weight excluding hydrogens is 380 g/mol. The molecule has 2 bridgehead atoms. The van der Waals surface area contributed by atoms with E-state index in [1.807, 2.05) is 32.5 Å². The number of rotatable bonds is 1. The van der Waals surface area contributed by atoms with Gasteiger partial charge in [0.2, 0.25) is 0 Å². The zero-order chi connectivity index (χ0) is 22.1. The third kappa shape index (κ3) is 3.83. The number of aromatic nitrogens is 2. The first-order valence-corrected chi connectivity index (χ1v) is 11.1. The monoisotopic (exact) mass is 416 g/mol. The Hall–Kier alpha value is -2.05. The first-order valence-electron chi connectivity index (χ1n) is 11.1. The zero-order valence-corrected chi connectivity index (χ0v) is 19.5.